The normalized spacial score (nSPS) is 31.3. The van der Waals surface area contributed by atoms with Crippen LogP contribution in [0, 0.1) is 0 Å². The molecule has 0 saturated carbocycles. The van der Waals surface area contributed by atoms with Gasteiger partial charge in [-0.25, -0.2) is 0 Å². The van der Waals surface area contributed by atoms with E-state index >= 15 is 0 Å². The molecular formula is C7H11NO2. The molecule has 0 aromatic carbocycles. The fraction of sp³-hybridized carbons (Fsp3) is 0.571. The Balaban J connectivity index is 2.68. The van der Waals surface area contributed by atoms with Gasteiger partial charge in [0, 0.05) is 0 Å². The number of amides is 1. The molecule has 1 rings (SSSR count). The van der Waals surface area contributed by atoms with Gasteiger partial charge in [-0.1, -0.05) is 0 Å². The highest BCUT2D eigenvalue weighted by Crippen LogP contribution is 2.21. The van der Waals surface area contributed by atoms with Crippen molar-refractivity contribution in [3.05, 3.63) is 12.3 Å². The molecule has 0 aromatic heterocycles. The zero-order chi connectivity index (χ0) is 7.61. The average Bonchev–Trinajstić information content (AvgIpc) is 1.89. The third-order valence-electron chi connectivity index (χ3n) is 1.73. The SMILES string of the molecule is CC1(C(N)=O)CCC=CO1. The van der Waals surface area contributed by atoms with Crippen molar-refractivity contribution < 1.29 is 9.53 Å². The second-order valence-corrected chi connectivity index (χ2v) is 2.62. The van der Waals surface area contributed by atoms with Crippen LogP contribution in [0.4, 0.5) is 0 Å². The van der Waals surface area contributed by atoms with E-state index in [1.807, 2.05) is 6.08 Å². The maximum atomic E-state index is 10.7. The van der Waals surface area contributed by atoms with Gasteiger partial charge in [0.25, 0.3) is 5.91 Å². The van der Waals surface area contributed by atoms with Crippen molar-refractivity contribution in [3.8, 4) is 0 Å². The quantitative estimate of drug-likeness (QED) is 0.580. The molecule has 1 heterocycles. The summed E-state index contributed by atoms with van der Waals surface area (Å²) in [6, 6.07) is 0. The van der Waals surface area contributed by atoms with Gasteiger partial charge < -0.3 is 10.5 Å². The van der Waals surface area contributed by atoms with Gasteiger partial charge in [0.2, 0.25) is 0 Å². The van der Waals surface area contributed by atoms with Crippen LogP contribution >= 0.6 is 0 Å². The van der Waals surface area contributed by atoms with E-state index in [9.17, 15) is 4.79 Å². The van der Waals surface area contributed by atoms with E-state index in [-0.39, 0.29) is 0 Å². The van der Waals surface area contributed by atoms with Crippen molar-refractivity contribution in [1.29, 1.82) is 0 Å². The summed E-state index contributed by atoms with van der Waals surface area (Å²) in [7, 11) is 0. The fourth-order valence-electron chi connectivity index (χ4n) is 0.865. The lowest BCUT2D eigenvalue weighted by atomic mass is 9.98. The summed E-state index contributed by atoms with van der Waals surface area (Å²) in [5.74, 6) is -0.392. The van der Waals surface area contributed by atoms with E-state index in [0.29, 0.717) is 6.42 Å². The van der Waals surface area contributed by atoms with Gasteiger partial charge >= 0.3 is 0 Å². The molecule has 0 bridgehead atoms. The van der Waals surface area contributed by atoms with Crippen LogP contribution in [-0.2, 0) is 9.53 Å². The maximum absolute atomic E-state index is 10.7. The predicted molar refractivity (Wildman–Crippen MR) is 37.1 cm³/mol. The Bertz CT molecular complexity index is 176. The highest BCUT2D eigenvalue weighted by molar-refractivity contribution is 5.83. The molecular weight excluding hydrogens is 130 g/mol. The van der Waals surface area contributed by atoms with Crippen LogP contribution in [-0.4, -0.2) is 11.5 Å². The van der Waals surface area contributed by atoms with E-state index in [2.05, 4.69) is 0 Å². The zero-order valence-electron chi connectivity index (χ0n) is 5.96. The third-order valence-corrected chi connectivity index (χ3v) is 1.73. The number of allylic oxidation sites excluding steroid dienone is 1. The fourth-order valence-corrected chi connectivity index (χ4v) is 0.865. The minimum Gasteiger partial charge on any atom is -0.486 e. The highest BCUT2D eigenvalue weighted by Gasteiger charge is 2.32. The molecule has 10 heavy (non-hydrogen) atoms. The van der Waals surface area contributed by atoms with Gasteiger partial charge in [-0.15, -0.1) is 0 Å². The standard InChI is InChI=1S/C7H11NO2/c1-7(6(8)9)4-2-3-5-10-7/h3,5H,2,4H2,1H3,(H2,8,9). The van der Waals surface area contributed by atoms with E-state index in [0.717, 1.165) is 6.42 Å². The monoisotopic (exact) mass is 141 g/mol. The van der Waals surface area contributed by atoms with Crippen molar-refractivity contribution in [2.24, 2.45) is 5.73 Å². The summed E-state index contributed by atoms with van der Waals surface area (Å²) in [5, 5.41) is 0. The van der Waals surface area contributed by atoms with Gasteiger partial charge in [0.15, 0.2) is 5.60 Å². The Labute approximate surface area is 59.8 Å². The maximum Gasteiger partial charge on any atom is 0.261 e. The molecule has 56 valence electrons. The van der Waals surface area contributed by atoms with Crippen LogP contribution in [0.15, 0.2) is 12.3 Å². The molecule has 1 amide bonds. The number of carbonyl (C=O) groups excluding carboxylic acids is 1. The number of nitrogens with two attached hydrogens (primary N) is 1. The number of rotatable bonds is 1. The van der Waals surface area contributed by atoms with Crippen LogP contribution in [0.3, 0.4) is 0 Å². The van der Waals surface area contributed by atoms with Gasteiger partial charge in [-0.2, -0.15) is 0 Å². The van der Waals surface area contributed by atoms with E-state index in [4.69, 9.17) is 10.5 Å². The summed E-state index contributed by atoms with van der Waals surface area (Å²) in [6.07, 6.45) is 4.96. The Hall–Kier alpha value is -0.990. The first kappa shape index (κ1) is 7.12. The number of carbonyl (C=O) groups is 1. The molecule has 1 atom stereocenters. The largest absolute Gasteiger partial charge is 0.486 e. The summed E-state index contributed by atoms with van der Waals surface area (Å²) in [5.41, 5.74) is 4.33. The van der Waals surface area contributed by atoms with Crippen molar-refractivity contribution in [1.82, 2.24) is 0 Å². The molecule has 0 aromatic rings. The van der Waals surface area contributed by atoms with E-state index in [1.165, 1.54) is 6.26 Å². The molecule has 1 aliphatic heterocycles. The van der Waals surface area contributed by atoms with Gasteiger partial charge in [0.1, 0.15) is 0 Å². The molecule has 0 spiro atoms. The lowest BCUT2D eigenvalue weighted by molar-refractivity contribution is -0.136. The smallest absolute Gasteiger partial charge is 0.261 e. The summed E-state index contributed by atoms with van der Waals surface area (Å²) >= 11 is 0. The number of primary amides is 1. The summed E-state index contributed by atoms with van der Waals surface area (Å²) < 4.78 is 5.07. The highest BCUT2D eigenvalue weighted by atomic mass is 16.5. The molecule has 1 unspecified atom stereocenters. The Kier molecular flexibility index (Phi) is 1.66. The number of hydrogen-bond donors (Lipinski definition) is 1. The Morgan fingerprint density at radius 1 is 1.80 bits per heavy atom. The van der Waals surface area contributed by atoms with E-state index < -0.39 is 11.5 Å². The molecule has 3 heteroatoms. The predicted octanol–water partition coefficient (Wildman–Crippen LogP) is 0.554. The minimum atomic E-state index is -0.769. The molecule has 3 nitrogen and oxygen atoms in total. The van der Waals surface area contributed by atoms with Gasteiger partial charge in [-0.05, 0) is 25.8 Å². The van der Waals surface area contributed by atoms with Crippen molar-refractivity contribution >= 4 is 5.91 Å². The Morgan fingerprint density at radius 3 is 2.80 bits per heavy atom. The third kappa shape index (κ3) is 1.12. The molecule has 2 N–H and O–H groups in total. The second kappa shape index (κ2) is 2.33. The first-order valence-electron chi connectivity index (χ1n) is 3.28. The Morgan fingerprint density at radius 2 is 2.50 bits per heavy atom. The van der Waals surface area contributed by atoms with Crippen molar-refractivity contribution in [2.45, 2.75) is 25.4 Å². The van der Waals surface area contributed by atoms with Crippen molar-refractivity contribution in [3.63, 3.8) is 0 Å². The zero-order valence-corrected chi connectivity index (χ0v) is 5.96. The van der Waals surface area contributed by atoms with Gasteiger partial charge in [-0.3, -0.25) is 4.79 Å². The first-order valence-corrected chi connectivity index (χ1v) is 3.28. The van der Waals surface area contributed by atoms with Crippen LogP contribution in [0.25, 0.3) is 0 Å². The minimum absolute atomic E-state index is 0.392. The second-order valence-electron chi connectivity index (χ2n) is 2.62. The van der Waals surface area contributed by atoms with Crippen LogP contribution < -0.4 is 5.73 Å². The van der Waals surface area contributed by atoms with E-state index in [1.54, 1.807) is 6.92 Å². The summed E-state index contributed by atoms with van der Waals surface area (Å²) in [6.45, 7) is 1.71. The van der Waals surface area contributed by atoms with Crippen LogP contribution in [0.1, 0.15) is 19.8 Å². The summed E-state index contributed by atoms with van der Waals surface area (Å²) in [4.78, 5) is 10.7. The molecule has 0 aliphatic carbocycles. The molecule has 0 saturated heterocycles. The van der Waals surface area contributed by atoms with Crippen LogP contribution in [0.5, 0.6) is 0 Å². The lowest BCUT2D eigenvalue weighted by Crippen LogP contribution is -2.43. The molecule has 1 aliphatic rings. The first-order chi connectivity index (χ1) is 4.65. The van der Waals surface area contributed by atoms with Gasteiger partial charge in [0.05, 0.1) is 6.26 Å². The topological polar surface area (TPSA) is 52.3 Å². The van der Waals surface area contributed by atoms with Crippen molar-refractivity contribution in [2.75, 3.05) is 0 Å². The number of ether oxygens (including phenoxy) is 1. The average molecular weight is 141 g/mol. The molecule has 0 fully saturated rings. The number of hydrogen-bond acceptors (Lipinski definition) is 2. The lowest BCUT2D eigenvalue weighted by Gasteiger charge is -2.27. The van der Waals surface area contributed by atoms with Crippen LogP contribution in [0.2, 0.25) is 0 Å². The molecule has 0 radical (unpaired) electrons.